The van der Waals surface area contributed by atoms with Gasteiger partial charge in [-0.1, -0.05) is 26.7 Å². The van der Waals surface area contributed by atoms with Crippen LogP contribution in [0.5, 0.6) is 5.88 Å². The summed E-state index contributed by atoms with van der Waals surface area (Å²) in [4.78, 5) is 8.35. The SMILES string of the molecule is CCCCC(Cc1cc(OC)ncn1)NCCC. The monoisotopic (exact) mass is 251 g/mol. The van der Waals surface area contributed by atoms with Crippen molar-refractivity contribution in [1.82, 2.24) is 15.3 Å². The molecular weight excluding hydrogens is 226 g/mol. The molecule has 4 nitrogen and oxygen atoms in total. The lowest BCUT2D eigenvalue weighted by atomic mass is 10.0. The van der Waals surface area contributed by atoms with Gasteiger partial charge >= 0.3 is 0 Å². The maximum absolute atomic E-state index is 5.13. The van der Waals surface area contributed by atoms with Gasteiger partial charge in [0.15, 0.2) is 0 Å². The van der Waals surface area contributed by atoms with Crippen molar-refractivity contribution >= 4 is 0 Å². The summed E-state index contributed by atoms with van der Waals surface area (Å²) in [7, 11) is 1.63. The Hall–Kier alpha value is -1.16. The van der Waals surface area contributed by atoms with Crippen molar-refractivity contribution in [3.05, 3.63) is 18.1 Å². The molecule has 0 fully saturated rings. The van der Waals surface area contributed by atoms with E-state index in [1.54, 1.807) is 13.4 Å². The normalized spacial score (nSPS) is 12.4. The zero-order chi connectivity index (χ0) is 13.2. The molecule has 1 atom stereocenters. The van der Waals surface area contributed by atoms with Crippen LogP contribution in [0.4, 0.5) is 0 Å². The lowest BCUT2D eigenvalue weighted by Crippen LogP contribution is -2.32. The van der Waals surface area contributed by atoms with Gasteiger partial charge in [-0.25, -0.2) is 9.97 Å². The zero-order valence-corrected chi connectivity index (χ0v) is 11.8. The Labute approximate surface area is 110 Å². The Morgan fingerprint density at radius 3 is 2.78 bits per heavy atom. The quantitative estimate of drug-likeness (QED) is 0.733. The minimum absolute atomic E-state index is 0.504. The minimum atomic E-state index is 0.504. The second kappa shape index (κ2) is 8.86. The summed E-state index contributed by atoms with van der Waals surface area (Å²) in [6, 6.07) is 2.43. The van der Waals surface area contributed by atoms with E-state index in [2.05, 4.69) is 29.1 Å². The number of ether oxygens (including phenoxy) is 1. The number of hydrogen-bond donors (Lipinski definition) is 1. The first-order valence-electron chi connectivity index (χ1n) is 6.88. The van der Waals surface area contributed by atoms with Gasteiger partial charge in [-0.2, -0.15) is 0 Å². The van der Waals surface area contributed by atoms with E-state index in [1.807, 2.05) is 6.07 Å². The standard InChI is InChI=1S/C14H25N3O/c1-4-6-7-12(15-8-5-2)9-13-10-14(18-3)17-11-16-13/h10-12,15H,4-9H2,1-3H3. The van der Waals surface area contributed by atoms with Crippen LogP contribution in [0, 0.1) is 0 Å². The van der Waals surface area contributed by atoms with E-state index in [9.17, 15) is 0 Å². The molecule has 0 aliphatic heterocycles. The Morgan fingerprint density at radius 1 is 1.28 bits per heavy atom. The van der Waals surface area contributed by atoms with Crippen molar-refractivity contribution in [2.75, 3.05) is 13.7 Å². The van der Waals surface area contributed by atoms with Crippen molar-refractivity contribution in [2.24, 2.45) is 0 Å². The summed E-state index contributed by atoms with van der Waals surface area (Å²) in [6.07, 6.45) is 7.36. The molecule has 0 amide bonds. The van der Waals surface area contributed by atoms with Gasteiger partial charge in [0.25, 0.3) is 0 Å². The lowest BCUT2D eigenvalue weighted by Gasteiger charge is -2.17. The molecule has 1 heterocycles. The molecule has 18 heavy (non-hydrogen) atoms. The molecule has 1 aromatic heterocycles. The predicted octanol–water partition coefficient (Wildman–Crippen LogP) is 2.59. The van der Waals surface area contributed by atoms with Gasteiger partial charge in [0, 0.05) is 24.2 Å². The molecule has 4 heteroatoms. The molecule has 0 aliphatic rings. The first-order chi connectivity index (χ1) is 8.80. The van der Waals surface area contributed by atoms with Crippen molar-refractivity contribution in [2.45, 2.75) is 52.0 Å². The third kappa shape index (κ3) is 5.45. The maximum Gasteiger partial charge on any atom is 0.216 e. The van der Waals surface area contributed by atoms with Gasteiger partial charge in [0.1, 0.15) is 6.33 Å². The number of hydrogen-bond acceptors (Lipinski definition) is 4. The highest BCUT2D eigenvalue weighted by Gasteiger charge is 2.10. The van der Waals surface area contributed by atoms with Crippen molar-refractivity contribution in [3.8, 4) is 5.88 Å². The van der Waals surface area contributed by atoms with Gasteiger partial charge in [-0.05, 0) is 19.4 Å². The van der Waals surface area contributed by atoms with Crippen LogP contribution in [0.2, 0.25) is 0 Å². The van der Waals surface area contributed by atoms with Crippen molar-refractivity contribution in [1.29, 1.82) is 0 Å². The highest BCUT2D eigenvalue weighted by Crippen LogP contribution is 2.11. The fraction of sp³-hybridized carbons (Fsp3) is 0.714. The number of aromatic nitrogens is 2. The molecule has 0 saturated heterocycles. The molecule has 0 aromatic carbocycles. The van der Waals surface area contributed by atoms with Crippen LogP contribution in [-0.4, -0.2) is 29.7 Å². The fourth-order valence-electron chi connectivity index (χ4n) is 1.93. The van der Waals surface area contributed by atoms with E-state index in [4.69, 9.17) is 4.74 Å². The van der Waals surface area contributed by atoms with Gasteiger partial charge in [-0.3, -0.25) is 0 Å². The summed E-state index contributed by atoms with van der Waals surface area (Å²) < 4.78 is 5.13. The smallest absolute Gasteiger partial charge is 0.216 e. The topological polar surface area (TPSA) is 47.0 Å². The number of methoxy groups -OCH3 is 1. The van der Waals surface area contributed by atoms with E-state index >= 15 is 0 Å². The first kappa shape index (κ1) is 14.9. The van der Waals surface area contributed by atoms with Gasteiger partial charge in [0.05, 0.1) is 7.11 Å². The van der Waals surface area contributed by atoms with Gasteiger partial charge in [-0.15, -0.1) is 0 Å². The number of unbranched alkanes of at least 4 members (excludes halogenated alkanes) is 1. The van der Waals surface area contributed by atoms with Crippen molar-refractivity contribution in [3.63, 3.8) is 0 Å². The van der Waals surface area contributed by atoms with E-state index in [0.717, 1.165) is 25.1 Å². The van der Waals surface area contributed by atoms with Gasteiger partial charge < -0.3 is 10.1 Å². The van der Waals surface area contributed by atoms with E-state index in [0.29, 0.717) is 11.9 Å². The van der Waals surface area contributed by atoms with Crippen LogP contribution < -0.4 is 10.1 Å². The molecular formula is C14H25N3O. The first-order valence-corrected chi connectivity index (χ1v) is 6.88. The molecule has 1 unspecified atom stereocenters. The molecule has 102 valence electrons. The third-order valence-electron chi connectivity index (χ3n) is 2.95. The number of nitrogens with zero attached hydrogens (tertiary/aromatic N) is 2. The summed E-state index contributed by atoms with van der Waals surface area (Å²) in [5.41, 5.74) is 1.05. The molecule has 1 aromatic rings. The Morgan fingerprint density at radius 2 is 2.11 bits per heavy atom. The Balaban J connectivity index is 2.56. The second-order valence-electron chi connectivity index (χ2n) is 4.55. The molecule has 0 radical (unpaired) electrons. The summed E-state index contributed by atoms with van der Waals surface area (Å²) >= 11 is 0. The van der Waals surface area contributed by atoms with E-state index in [1.165, 1.54) is 19.3 Å². The summed E-state index contributed by atoms with van der Waals surface area (Å²) in [5, 5.41) is 3.59. The van der Waals surface area contributed by atoms with Crippen LogP contribution in [0.1, 0.15) is 45.2 Å². The molecule has 0 spiro atoms. The summed E-state index contributed by atoms with van der Waals surface area (Å²) in [6.45, 7) is 5.48. The van der Waals surface area contributed by atoms with Crippen molar-refractivity contribution < 1.29 is 4.74 Å². The molecule has 0 bridgehead atoms. The van der Waals surface area contributed by atoms with E-state index in [-0.39, 0.29) is 0 Å². The lowest BCUT2D eigenvalue weighted by molar-refractivity contribution is 0.394. The van der Waals surface area contributed by atoms with Crippen LogP contribution in [0.3, 0.4) is 0 Å². The molecule has 1 rings (SSSR count). The number of nitrogens with one attached hydrogen (secondary N) is 1. The largest absolute Gasteiger partial charge is 0.481 e. The van der Waals surface area contributed by atoms with Crippen LogP contribution >= 0.6 is 0 Å². The van der Waals surface area contributed by atoms with E-state index < -0.39 is 0 Å². The fourth-order valence-corrected chi connectivity index (χ4v) is 1.93. The highest BCUT2D eigenvalue weighted by molar-refractivity contribution is 5.14. The van der Waals surface area contributed by atoms with Crippen LogP contribution in [0.15, 0.2) is 12.4 Å². The second-order valence-corrected chi connectivity index (χ2v) is 4.55. The predicted molar refractivity (Wildman–Crippen MR) is 73.9 cm³/mol. The molecule has 1 N–H and O–H groups in total. The average molecular weight is 251 g/mol. The minimum Gasteiger partial charge on any atom is -0.481 e. The van der Waals surface area contributed by atoms with Crippen LogP contribution in [0.25, 0.3) is 0 Å². The third-order valence-corrected chi connectivity index (χ3v) is 2.95. The molecule has 0 saturated carbocycles. The van der Waals surface area contributed by atoms with Crippen LogP contribution in [-0.2, 0) is 6.42 Å². The maximum atomic E-state index is 5.13. The molecule has 0 aliphatic carbocycles. The Kier molecular flexibility index (Phi) is 7.34. The summed E-state index contributed by atoms with van der Waals surface area (Å²) in [5.74, 6) is 0.643. The highest BCUT2D eigenvalue weighted by atomic mass is 16.5. The number of rotatable bonds is 9. The Bertz CT molecular complexity index is 323. The average Bonchev–Trinajstić information content (AvgIpc) is 2.42. The zero-order valence-electron chi connectivity index (χ0n) is 11.8. The van der Waals surface area contributed by atoms with Gasteiger partial charge in [0.2, 0.25) is 5.88 Å².